The Balaban J connectivity index is 1.41. The number of morpholine rings is 1. The normalized spacial score (nSPS) is 17.2. The van der Waals surface area contributed by atoms with E-state index in [0.717, 1.165) is 31.2 Å². The number of hydrogen-bond acceptors (Lipinski definition) is 3. The SMILES string of the molecule is CN=C(NCc1cccc(-c2cccc(C)c2)c1)N1CCOC(c2cnn(C)c2)C1. The highest BCUT2D eigenvalue weighted by Crippen LogP contribution is 2.23. The number of aryl methyl sites for hydroxylation is 2. The highest BCUT2D eigenvalue weighted by atomic mass is 16.5. The van der Waals surface area contributed by atoms with Crippen molar-refractivity contribution in [2.24, 2.45) is 12.0 Å². The maximum Gasteiger partial charge on any atom is 0.194 e. The molecule has 6 nitrogen and oxygen atoms in total. The summed E-state index contributed by atoms with van der Waals surface area (Å²) in [5.74, 6) is 0.896. The zero-order chi connectivity index (χ0) is 20.9. The third-order valence-corrected chi connectivity index (χ3v) is 5.40. The fourth-order valence-corrected chi connectivity index (χ4v) is 3.85. The largest absolute Gasteiger partial charge is 0.370 e. The molecule has 0 radical (unpaired) electrons. The molecule has 1 N–H and O–H groups in total. The van der Waals surface area contributed by atoms with Gasteiger partial charge in [0, 0.05) is 38.9 Å². The molecule has 0 spiro atoms. The molecule has 0 aliphatic carbocycles. The first-order chi connectivity index (χ1) is 14.6. The quantitative estimate of drug-likeness (QED) is 0.535. The summed E-state index contributed by atoms with van der Waals surface area (Å²) in [6.45, 7) is 5.10. The van der Waals surface area contributed by atoms with Crippen LogP contribution < -0.4 is 5.32 Å². The zero-order valence-electron chi connectivity index (χ0n) is 17.9. The first-order valence-electron chi connectivity index (χ1n) is 10.3. The fraction of sp³-hybridized carbons (Fsp3) is 0.333. The van der Waals surface area contributed by atoms with E-state index in [0.29, 0.717) is 6.61 Å². The molecular formula is C24H29N5O. The van der Waals surface area contributed by atoms with Crippen molar-refractivity contribution in [2.75, 3.05) is 26.7 Å². The first kappa shape index (κ1) is 20.2. The van der Waals surface area contributed by atoms with E-state index < -0.39 is 0 Å². The van der Waals surface area contributed by atoms with Crippen molar-refractivity contribution in [2.45, 2.75) is 19.6 Å². The topological polar surface area (TPSA) is 54.7 Å². The predicted octanol–water partition coefficient (Wildman–Crippen LogP) is 3.54. The van der Waals surface area contributed by atoms with Gasteiger partial charge in [0.15, 0.2) is 5.96 Å². The van der Waals surface area contributed by atoms with Gasteiger partial charge in [0.2, 0.25) is 0 Å². The van der Waals surface area contributed by atoms with Gasteiger partial charge in [-0.2, -0.15) is 5.10 Å². The number of aromatic nitrogens is 2. The van der Waals surface area contributed by atoms with Crippen LogP contribution in [-0.2, 0) is 18.3 Å². The van der Waals surface area contributed by atoms with Crippen LogP contribution in [0.1, 0.15) is 22.8 Å². The molecule has 4 rings (SSSR count). The number of hydrogen-bond donors (Lipinski definition) is 1. The standard InChI is InChI=1S/C24H29N5O/c1-18-6-4-8-20(12-18)21-9-5-7-19(13-21)14-26-24(25-2)29-10-11-30-23(17-29)22-15-27-28(3)16-22/h4-9,12-13,15-16,23H,10-11,14,17H2,1-3H3,(H,25,26). The van der Waals surface area contributed by atoms with Gasteiger partial charge >= 0.3 is 0 Å². The van der Waals surface area contributed by atoms with Crippen LogP contribution in [-0.4, -0.2) is 47.4 Å². The fourth-order valence-electron chi connectivity index (χ4n) is 3.85. The second kappa shape index (κ2) is 9.13. The monoisotopic (exact) mass is 403 g/mol. The lowest BCUT2D eigenvalue weighted by atomic mass is 10.0. The molecule has 30 heavy (non-hydrogen) atoms. The van der Waals surface area contributed by atoms with Gasteiger partial charge in [-0.1, -0.05) is 48.0 Å². The minimum Gasteiger partial charge on any atom is -0.370 e. The third-order valence-electron chi connectivity index (χ3n) is 5.40. The summed E-state index contributed by atoms with van der Waals surface area (Å²) in [5.41, 5.74) is 6.08. The Morgan fingerprint density at radius 3 is 2.73 bits per heavy atom. The number of guanidine groups is 1. The van der Waals surface area contributed by atoms with E-state index in [4.69, 9.17) is 4.74 Å². The Hall–Kier alpha value is -3.12. The molecule has 1 aliphatic rings. The molecule has 1 aliphatic heterocycles. The van der Waals surface area contributed by atoms with Gasteiger partial charge in [0.1, 0.15) is 6.10 Å². The molecule has 1 unspecified atom stereocenters. The van der Waals surface area contributed by atoms with Crippen molar-refractivity contribution in [3.05, 3.63) is 77.6 Å². The zero-order valence-corrected chi connectivity index (χ0v) is 17.9. The Morgan fingerprint density at radius 1 is 1.20 bits per heavy atom. The lowest BCUT2D eigenvalue weighted by Crippen LogP contribution is -2.47. The molecule has 2 aromatic carbocycles. The maximum absolute atomic E-state index is 5.96. The minimum absolute atomic E-state index is 0.00986. The second-order valence-electron chi connectivity index (χ2n) is 7.72. The summed E-state index contributed by atoms with van der Waals surface area (Å²) < 4.78 is 7.77. The highest BCUT2D eigenvalue weighted by Gasteiger charge is 2.25. The summed E-state index contributed by atoms with van der Waals surface area (Å²) >= 11 is 0. The van der Waals surface area contributed by atoms with Crippen LogP contribution in [0.3, 0.4) is 0 Å². The van der Waals surface area contributed by atoms with Crippen molar-refractivity contribution in [1.82, 2.24) is 20.0 Å². The van der Waals surface area contributed by atoms with Gasteiger partial charge in [0.25, 0.3) is 0 Å². The molecule has 0 bridgehead atoms. The summed E-state index contributed by atoms with van der Waals surface area (Å²) in [4.78, 5) is 6.76. The van der Waals surface area contributed by atoms with E-state index in [2.05, 4.69) is 75.8 Å². The Morgan fingerprint density at radius 2 is 2.00 bits per heavy atom. The number of ether oxygens (including phenoxy) is 1. The minimum atomic E-state index is 0.00986. The molecule has 156 valence electrons. The van der Waals surface area contributed by atoms with Crippen molar-refractivity contribution in [3.8, 4) is 11.1 Å². The lowest BCUT2D eigenvalue weighted by Gasteiger charge is -2.34. The summed E-state index contributed by atoms with van der Waals surface area (Å²) in [6.07, 6.45) is 3.90. The van der Waals surface area contributed by atoms with Crippen molar-refractivity contribution in [3.63, 3.8) is 0 Å². The number of nitrogens with zero attached hydrogens (tertiary/aromatic N) is 4. The second-order valence-corrected chi connectivity index (χ2v) is 7.72. The van der Waals surface area contributed by atoms with Crippen LogP contribution in [0.25, 0.3) is 11.1 Å². The highest BCUT2D eigenvalue weighted by molar-refractivity contribution is 5.80. The number of aliphatic imine (C=N–C) groups is 1. The predicted molar refractivity (Wildman–Crippen MR) is 120 cm³/mol. The van der Waals surface area contributed by atoms with Gasteiger partial charge in [0.05, 0.1) is 19.3 Å². The molecule has 2 heterocycles. The molecule has 1 saturated heterocycles. The summed E-state index contributed by atoms with van der Waals surface area (Å²) in [7, 11) is 3.76. The van der Waals surface area contributed by atoms with Crippen LogP contribution in [0.2, 0.25) is 0 Å². The van der Waals surface area contributed by atoms with Gasteiger partial charge < -0.3 is 15.0 Å². The van der Waals surface area contributed by atoms with Crippen LogP contribution in [0.4, 0.5) is 0 Å². The van der Waals surface area contributed by atoms with E-state index in [9.17, 15) is 0 Å². The Labute approximate surface area is 178 Å². The molecule has 0 amide bonds. The van der Waals surface area contributed by atoms with Gasteiger partial charge in [-0.3, -0.25) is 9.67 Å². The van der Waals surface area contributed by atoms with Gasteiger partial charge in [-0.05, 0) is 29.7 Å². The van der Waals surface area contributed by atoms with Crippen molar-refractivity contribution >= 4 is 5.96 Å². The molecule has 1 aromatic heterocycles. The van der Waals surface area contributed by atoms with E-state index in [-0.39, 0.29) is 6.10 Å². The third kappa shape index (κ3) is 4.71. The molecule has 1 fully saturated rings. The van der Waals surface area contributed by atoms with Crippen LogP contribution in [0, 0.1) is 6.92 Å². The van der Waals surface area contributed by atoms with Crippen LogP contribution >= 0.6 is 0 Å². The number of nitrogens with one attached hydrogen (secondary N) is 1. The van der Waals surface area contributed by atoms with E-state index in [1.54, 1.807) is 0 Å². The van der Waals surface area contributed by atoms with Crippen LogP contribution in [0.15, 0.2) is 65.9 Å². The molecular weight excluding hydrogens is 374 g/mol. The smallest absolute Gasteiger partial charge is 0.194 e. The molecule has 0 saturated carbocycles. The Kier molecular flexibility index (Phi) is 6.14. The Bertz CT molecular complexity index is 1030. The van der Waals surface area contributed by atoms with Crippen LogP contribution in [0.5, 0.6) is 0 Å². The van der Waals surface area contributed by atoms with E-state index in [1.165, 1.54) is 22.3 Å². The number of benzene rings is 2. The lowest BCUT2D eigenvalue weighted by molar-refractivity contribution is -0.00805. The molecule has 6 heteroatoms. The molecule has 3 aromatic rings. The van der Waals surface area contributed by atoms with E-state index >= 15 is 0 Å². The summed E-state index contributed by atoms with van der Waals surface area (Å²) in [6, 6.07) is 17.3. The summed E-state index contributed by atoms with van der Waals surface area (Å²) in [5, 5.41) is 7.79. The number of rotatable bonds is 4. The van der Waals surface area contributed by atoms with E-state index in [1.807, 2.05) is 31.2 Å². The first-order valence-corrected chi connectivity index (χ1v) is 10.3. The van der Waals surface area contributed by atoms with Gasteiger partial charge in [-0.25, -0.2) is 0 Å². The van der Waals surface area contributed by atoms with Gasteiger partial charge in [-0.15, -0.1) is 0 Å². The van der Waals surface area contributed by atoms with Crippen molar-refractivity contribution in [1.29, 1.82) is 0 Å². The average molecular weight is 404 g/mol. The van der Waals surface area contributed by atoms with Crippen molar-refractivity contribution < 1.29 is 4.74 Å². The molecule has 1 atom stereocenters. The average Bonchev–Trinajstić information content (AvgIpc) is 3.21. The maximum atomic E-state index is 5.96.